The Bertz CT molecular complexity index is 476. The summed E-state index contributed by atoms with van der Waals surface area (Å²) >= 11 is 3.45. The number of hydrogen-bond acceptors (Lipinski definition) is 4. The van der Waals surface area contributed by atoms with Crippen molar-refractivity contribution in [1.82, 2.24) is 0 Å². The van der Waals surface area contributed by atoms with Crippen molar-refractivity contribution in [2.75, 3.05) is 5.75 Å². The fourth-order valence-electron chi connectivity index (χ4n) is 1.67. The lowest BCUT2D eigenvalue weighted by molar-refractivity contribution is 0.474. The first-order valence-electron chi connectivity index (χ1n) is 4.89. The van der Waals surface area contributed by atoms with Crippen LogP contribution >= 0.6 is 23.5 Å². The molecule has 82 valence electrons. The summed E-state index contributed by atoms with van der Waals surface area (Å²) in [6, 6.07) is 7.54. The zero-order valence-corrected chi connectivity index (χ0v) is 10.4. The SMILES string of the molecule is Cc1cc(O)ccc1C1CSC(=CC#N)S1. The molecular weight excluding hydrogens is 238 g/mol. The van der Waals surface area contributed by atoms with Crippen molar-refractivity contribution in [2.45, 2.75) is 12.2 Å². The number of thioether (sulfide) groups is 2. The second-order valence-electron chi connectivity index (χ2n) is 3.55. The van der Waals surface area contributed by atoms with Gasteiger partial charge in [-0.25, -0.2) is 0 Å². The Kier molecular flexibility index (Phi) is 3.47. The van der Waals surface area contributed by atoms with Crippen LogP contribution in [0.25, 0.3) is 0 Å². The Labute approximate surface area is 103 Å². The number of allylic oxidation sites excluding steroid dienone is 1. The first kappa shape index (κ1) is 11.4. The van der Waals surface area contributed by atoms with E-state index in [2.05, 4.69) is 6.07 Å². The van der Waals surface area contributed by atoms with Crippen LogP contribution in [0.15, 0.2) is 28.5 Å². The second kappa shape index (κ2) is 4.86. The minimum Gasteiger partial charge on any atom is -0.508 e. The Hall–Kier alpha value is -1.05. The number of benzene rings is 1. The van der Waals surface area contributed by atoms with Crippen LogP contribution in [0.4, 0.5) is 0 Å². The summed E-state index contributed by atoms with van der Waals surface area (Å²) in [5.41, 5.74) is 2.35. The maximum atomic E-state index is 9.35. The van der Waals surface area contributed by atoms with Crippen LogP contribution in [-0.4, -0.2) is 10.9 Å². The third kappa shape index (κ3) is 2.37. The zero-order chi connectivity index (χ0) is 11.5. The number of phenolic OH excluding ortho intramolecular Hbond substituents is 1. The monoisotopic (exact) mass is 249 g/mol. The lowest BCUT2D eigenvalue weighted by Crippen LogP contribution is -1.94. The minimum absolute atomic E-state index is 0.310. The third-order valence-electron chi connectivity index (χ3n) is 2.42. The summed E-state index contributed by atoms with van der Waals surface area (Å²) in [5.74, 6) is 1.30. The smallest absolute Gasteiger partial charge is 0.115 e. The standard InChI is InChI=1S/C12H11NOS2/c1-8-6-9(14)2-3-10(8)11-7-15-12(16-11)4-5-13/h2-4,6,11,14H,7H2,1H3. The molecule has 0 aliphatic carbocycles. The van der Waals surface area contributed by atoms with Crippen molar-refractivity contribution in [3.8, 4) is 11.8 Å². The van der Waals surface area contributed by atoms with E-state index in [0.717, 1.165) is 15.6 Å². The van der Waals surface area contributed by atoms with E-state index in [1.54, 1.807) is 41.7 Å². The summed E-state index contributed by atoms with van der Waals surface area (Å²) in [5, 5.41) is 18.3. The highest BCUT2D eigenvalue weighted by molar-refractivity contribution is 8.25. The molecule has 0 saturated carbocycles. The Morgan fingerprint density at radius 2 is 2.38 bits per heavy atom. The van der Waals surface area contributed by atoms with Gasteiger partial charge in [0, 0.05) is 17.1 Å². The summed E-state index contributed by atoms with van der Waals surface area (Å²) in [4.78, 5) is 0. The molecule has 0 amide bonds. The molecule has 1 fully saturated rings. The summed E-state index contributed by atoms with van der Waals surface area (Å²) < 4.78 is 1.08. The van der Waals surface area contributed by atoms with Gasteiger partial charge in [-0.15, -0.1) is 23.5 Å². The van der Waals surface area contributed by atoms with E-state index in [9.17, 15) is 5.11 Å². The van der Waals surface area contributed by atoms with Crippen molar-refractivity contribution in [1.29, 1.82) is 5.26 Å². The number of hydrogen-bond donors (Lipinski definition) is 1. The van der Waals surface area contributed by atoms with Gasteiger partial charge >= 0.3 is 0 Å². The Morgan fingerprint density at radius 3 is 3.06 bits per heavy atom. The molecule has 1 aliphatic rings. The highest BCUT2D eigenvalue weighted by Crippen LogP contribution is 2.50. The molecule has 1 N–H and O–H groups in total. The fourth-order valence-corrected chi connectivity index (χ4v) is 4.39. The maximum Gasteiger partial charge on any atom is 0.115 e. The van der Waals surface area contributed by atoms with Crippen molar-refractivity contribution in [3.63, 3.8) is 0 Å². The number of nitrogens with zero attached hydrogens (tertiary/aromatic N) is 1. The van der Waals surface area contributed by atoms with Gasteiger partial charge in [0.15, 0.2) is 0 Å². The zero-order valence-electron chi connectivity index (χ0n) is 8.80. The van der Waals surface area contributed by atoms with Gasteiger partial charge in [-0.2, -0.15) is 5.26 Å². The molecule has 1 aliphatic heterocycles. The lowest BCUT2D eigenvalue weighted by atomic mass is 10.1. The van der Waals surface area contributed by atoms with E-state index in [-0.39, 0.29) is 0 Å². The molecule has 16 heavy (non-hydrogen) atoms. The Morgan fingerprint density at radius 1 is 1.56 bits per heavy atom. The number of aryl methyl sites for hydroxylation is 1. The number of nitriles is 1. The second-order valence-corrected chi connectivity index (χ2v) is 6.12. The molecule has 1 unspecified atom stereocenters. The predicted molar refractivity (Wildman–Crippen MR) is 69.3 cm³/mol. The van der Waals surface area contributed by atoms with Crippen LogP contribution < -0.4 is 0 Å². The third-order valence-corrected chi connectivity index (χ3v) is 5.23. The molecule has 0 spiro atoms. The highest BCUT2D eigenvalue weighted by atomic mass is 32.2. The number of aromatic hydroxyl groups is 1. The quantitative estimate of drug-likeness (QED) is 0.772. The van der Waals surface area contributed by atoms with Gasteiger partial charge in [-0.05, 0) is 30.2 Å². The summed E-state index contributed by atoms with van der Waals surface area (Å²) in [6.45, 7) is 2.01. The van der Waals surface area contributed by atoms with E-state index in [1.807, 2.05) is 13.0 Å². The van der Waals surface area contributed by atoms with Crippen LogP contribution in [0.5, 0.6) is 5.75 Å². The molecule has 4 heteroatoms. The predicted octanol–water partition coefficient (Wildman–Crippen LogP) is 3.59. The van der Waals surface area contributed by atoms with Crippen molar-refractivity contribution in [2.24, 2.45) is 0 Å². The molecule has 1 heterocycles. The van der Waals surface area contributed by atoms with Gasteiger partial charge in [0.2, 0.25) is 0 Å². The van der Waals surface area contributed by atoms with Gasteiger partial charge in [0.1, 0.15) is 5.75 Å². The van der Waals surface area contributed by atoms with Crippen molar-refractivity contribution < 1.29 is 5.11 Å². The summed E-state index contributed by atoms with van der Waals surface area (Å²) in [7, 11) is 0. The number of phenols is 1. The van der Waals surface area contributed by atoms with Gasteiger partial charge in [0.05, 0.1) is 10.3 Å². The minimum atomic E-state index is 0.310. The normalized spacial score (nSPS) is 22.2. The van der Waals surface area contributed by atoms with E-state index >= 15 is 0 Å². The molecule has 1 aromatic carbocycles. The van der Waals surface area contributed by atoms with Crippen LogP contribution in [0.1, 0.15) is 16.4 Å². The van der Waals surface area contributed by atoms with Gasteiger partial charge in [-0.1, -0.05) is 6.07 Å². The molecule has 2 nitrogen and oxygen atoms in total. The van der Waals surface area contributed by atoms with Gasteiger partial charge in [-0.3, -0.25) is 0 Å². The van der Waals surface area contributed by atoms with E-state index < -0.39 is 0 Å². The first-order valence-corrected chi connectivity index (χ1v) is 6.76. The van der Waals surface area contributed by atoms with Crippen LogP contribution in [-0.2, 0) is 0 Å². The lowest BCUT2D eigenvalue weighted by Gasteiger charge is -2.11. The van der Waals surface area contributed by atoms with Crippen molar-refractivity contribution >= 4 is 23.5 Å². The van der Waals surface area contributed by atoms with Gasteiger partial charge in [0.25, 0.3) is 0 Å². The average Bonchev–Trinajstić information content (AvgIpc) is 2.67. The van der Waals surface area contributed by atoms with Crippen LogP contribution in [0.3, 0.4) is 0 Å². The number of rotatable bonds is 1. The summed E-state index contributed by atoms with van der Waals surface area (Å²) in [6.07, 6.45) is 1.60. The molecule has 2 rings (SSSR count). The largest absolute Gasteiger partial charge is 0.508 e. The fraction of sp³-hybridized carbons (Fsp3) is 0.250. The maximum absolute atomic E-state index is 9.35. The van der Waals surface area contributed by atoms with Gasteiger partial charge < -0.3 is 5.11 Å². The molecule has 1 atom stereocenters. The van der Waals surface area contributed by atoms with E-state index in [0.29, 0.717) is 11.0 Å². The molecule has 0 aromatic heterocycles. The molecule has 1 aromatic rings. The molecule has 0 bridgehead atoms. The average molecular weight is 249 g/mol. The molecule has 1 saturated heterocycles. The van der Waals surface area contributed by atoms with Crippen molar-refractivity contribution in [3.05, 3.63) is 39.6 Å². The highest BCUT2D eigenvalue weighted by Gasteiger charge is 2.23. The van der Waals surface area contributed by atoms with E-state index in [1.165, 1.54) is 5.56 Å². The molecule has 0 radical (unpaired) electrons. The van der Waals surface area contributed by atoms with Crippen LogP contribution in [0, 0.1) is 18.3 Å². The topological polar surface area (TPSA) is 44.0 Å². The molecular formula is C12H11NOS2. The van der Waals surface area contributed by atoms with Crippen LogP contribution in [0.2, 0.25) is 0 Å². The first-order chi connectivity index (χ1) is 7.70. The van der Waals surface area contributed by atoms with E-state index in [4.69, 9.17) is 5.26 Å². The Balaban J connectivity index is 2.21.